The molecule has 0 saturated heterocycles. The molecule has 0 aliphatic carbocycles. The maximum absolute atomic E-state index is 4.61. The van der Waals surface area contributed by atoms with E-state index in [4.69, 9.17) is 0 Å². The fraction of sp³-hybridized carbons (Fsp3) is 0.385. The van der Waals surface area contributed by atoms with Gasteiger partial charge in [0.1, 0.15) is 0 Å². The number of para-hydroxylation sites is 1. The topological polar surface area (TPSA) is 15.4 Å². The number of hydrazone groups is 1. The maximum Gasteiger partial charge on any atom is 0.238 e. The van der Waals surface area contributed by atoms with Crippen molar-refractivity contribution < 1.29 is 4.68 Å². The van der Waals surface area contributed by atoms with Crippen LogP contribution in [0.15, 0.2) is 35.4 Å². The highest BCUT2D eigenvalue weighted by Crippen LogP contribution is 2.29. The fourth-order valence-corrected chi connectivity index (χ4v) is 1.70. The quantitative estimate of drug-likeness (QED) is 0.620. The van der Waals surface area contributed by atoms with Crippen molar-refractivity contribution in [1.82, 2.24) is 0 Å². The standard InChI is InChI=1S/C13H17N2/c1-10-13(3,4)11(2)15(14-10)12-8-6-5-7-9-12/h5-9H,1-4H3/q+1. The van der Waals surface area contributed by atoms with Crippen molar-refractivity contribution in [3.05, 3.63) is 30.3 Å². The molecule has 0 aromatic heterocycles. The highest BCUT2D eigenvalue weighted by Gasteiger charge is 2.40. The third-order valence-electron chi connectivity index (χ3n) is 3.38. The molecule has 1 aliphatic rings. The van der Waals surface area contributed by atoms with Gasteiger partial charge in [0.25, 0.3) is 0 Å². The lowest BCUT2D eigenvalue weighted by Crippen LogP contribution is -2.27. The molecule has 0 fully saturated rings. The van der Waals surface area contributed by atoms with Gasteiger partial charge in [0, 0.05) is 19.1 Å². The lowest BCUT2D eigenvalue weighted by atomic mass is 9.84. The number of nitrogens with zero attached hydrogens (tertiary/aromatic N) is 2. The molecule has 2 heteroatoms. The molecule has 0 bridgehead atoms. The summed E-state index contributed by atoms with van der Waals surface area (Å²) >= 11 is 0. The van der Waals surface area contributed by atoms with Crippen molar-refractivity contribution in [3.8, 4) is 0 Å². The minimum Gasteiger partial charge on any atom is -0.0618 e. The van der Waals surface area contributed by atoms with E-state index in [1.54, 1.807) is 0 Å². The molecule has 1 heterocycles. The van der Waals surface area contributed by atoms with E-state index in [1.165, 1.54) is 11.4 Å². The van der Waals surface area contributed by atoms with Crippen molar-refractivity contribution >= 4 is 17.1 Å². The molecule has 0 spiro atoms. The molecule has 0 radical (unpaired) electrons. The van der Waals surface area contributed by atoms with Gasteiger partial charge in [-0.1, -0.05) is 22.9 Å². The van der Waals surface area contributed by atoms with Crippen molar-refractivity contribution in [1.29, 1.82) is 0 Å². The summed E-state index contributed by atoms with van der Waals surface area (Å²) in [4.78, 5) is 0. The van der Waals surface area contributed by atoms with Crippen molar-refractivity contribution in [2.75, 3.05) is 0 Å². The Kier molecular flexibility index (Phi) is 2.22. The number of benzene rings is 1. The summed E-state index contributed by atoms with van der Waals surface area (Å²) < 4.78 is 2.04. The lowest BCUT2D eigenvalue weighted by molar-refractivity contribution is -0.443. The van der Waals surface area contributed by atoms with Gasteiger partial charge >= 0.3 is 0 Å². The van der Waals surface area contributed by atoms with E-state index in [0.29, 0.717) is 0 Å². The van der Waals surface area contributed by atoms with E-state index < -0.39 is 0 Å². The fourth-order valence-electron chi connectivity index (χ4n) is 1.70. The van der Waals surface area contributed by atoms with E-state index in [0.717, 1.165) is 5.69 Å². The van der Waals surface area contributed by atoms with E-state index in [-0.39, 0.29) is 5.41 Å². The molecule has 1 aromatic carbocycles. The number of hydrogen-bond acceptors (Lipinski definition) is 1. The molecule has 1 aromatic rings. The van der Waals surface area contributed by atoms with Crippen LogP contribution in [-0.2, 0) is 0 Å². The highest BCUT2D eigenvalue weighted by atomic mass is 15.4. The first-order valence-electron chi connectivity index (χ1n) is 5.28. The Labute approximate surface area is 91.0 Å². The minimum atomic E-state index is 0.0792. The largest absolute Gasteiger partial charge is 0.238 e. The van der Waals surface area contributed by atoms with Gasteiger partial charge < -0.3 is 0 Å². The van der Waals surface area contributed by atoms with Crippen LogP contribution in [0, 0.1) is 5.41 Å². The van der Waals surface area contributed by atoms with Gasteiger partial charge in [-0.25, -0.2) is 0 Å². The van der Waals surface area contributed by atoms with Gasteiger partial charge in [0.05, 0.1) is 11.1 Å². The molecule has 2 rings (SSSR count). The van der Waals surface area contributed by atoms with Crippen LogP contribution in [0.2, 0.25) is 0 Å². The summed E-state index contributed by atoms with van der Waals surface area (Å²) in [5.74, 6) is 0. The normalized spacial score (nSPS) is 19.3. The van der Waals surface area contributed by atoms with Crippen LogP contribution in [0.3, 0.4) is 0 Å². The summed E-state index contributed by atoms with van der Waals surface area (Å²) in [5, 5.41) is 4.61. The Morgan fingerprint density at radius 2 is 1.67 bits per heavy atom. The van der Waals surface area contributed by atoms with Crippen LogP contribution in [-0.4, -0.2) is 16.1 Å². The molecule has 1 aliphatic heterocycles. The molecule has 0 atom stereocenters. The predicted octanol–water partition coefficient (Wildman–Crippen LogP) is 3.21. The molecule has 0 unspecified atom stereocenters. The second kappa shape index (κ2) is 3.30. The summed E-state index contributed by atoms with van der Waals surface area (Å²) in [6.45, 7) is 8.66. The predicted molar refractivity (Wildman–Crippen MR) is 63.9 cm³/mol. The zero-order valence-electron chi connectivity index (χ0n) is 9.78. The van der Waals surface area contributed by atoms with Crippen LogP contribution in [0.4, 0.5) is 5.69 Å². The molecule has 15 heavy (non-hydrogen) atoms. The smallest absolute Gasteiger partial charge is 0.0618 e. The average molecular weight is 201 g/mol. The Balaban J connectivity index is 2.53. The van der Waals surface area contributed by atoms with Gasteiger partial charge in [-0.3, -0.25) is 0 Å². The first-order valence-corrected chi connectivity index (χ1v) is 5.28. The Morgan fingerprint density at radius 3 is 2.13 bits per heavy atom. The minimum absolute atomic E-state index is 0.0792. The van der Waals surface area contributed by atoms with E-state index >= 15 is 0 Å². The molecule has 0 N–H and O–H groups in total. The van der Waals surface area contributed by atoms with Crippen LogP contribution in [0.5, 0.6) is 0 Å². The molecular formula is C13H17N2+. The molecule has 78 valence electrons. The number of hydrogen-bond donors (Lipinski definition) is 0. The van der Waals surface area contributed by atoms with Gasteiger partial charge in [-0.15, -0.1) is 0 Å². The van der Waals surface area contributed by atoms with Crippen LogP contribution >= 0.6 is 0 Å². The summed E-state index contributed by atoms with van der Waals surface area (Å²) in [5.41, 5.74) is 3.67. The SMILES string of the molecule is CC1=N[N+](c2ccccc2)=C(C)C1(C)C. The molecule has 0 saturated carbocycles. The number of rotatable bonds is 1. The molecule has 0 amide bonds. The van der Waals surface area contributed by atoms with Crippen LogP contribution in [0.25, 0.3) is 0 Å². The van der Waals surface area contributed by atoms with E-state index in [2.05, 4.69) is 44.9 Å². The maximum atomic E-state index is 4.61. The van der Waals surface area contributed by atoms with Crippen LogP contribution in [0.1, 0.15) is 27.7 Å². The van der Waals surface area contributed by atoms with Gasteiger partial charge in [-0.2, -0.15) is 0 Å². The van der Waals surface area contributed by atoms with Gasteiger partial charge in [0.15, 0.2) is 5.71 Å². The third kappa shape index (κ3) is 1.50. The highest BCUT2D eigenvalue weighted by molar-refractivity contribution is 6.09. The van der Waals surface area contributed by atoms with Crippen molar-refractivity contribution in [2.45, 2.75) is 27.7 Å². The van der Waals surface area contributed by atoms with Gasteiger partial charge in [-0.05, 0) is 25.9 Å². The Bertz CT molecular complexity index is 439. The van der Waals surface area contributed by atoms with E-state index in [9.17, 15) is 0 Å². The first kappa shape index (κ1) is 10.1. The summed E-state index contributed by atoms with van der Waals surface area (Å²) in [6.07, 6.45) is 0. The monoisotopic (exact) mass is 201 g/mol. The third-order valence-corrected chi connectivity index (χ3v) is 3.38. The zero-order chi connectivity index (χ0) is 11.1. The van der Waals surface area contributed by atoms with Crippen LogP contribution < -0.4 is 0 Å². The molecular weight excluding hydrogens is 184 g/mol. The van der Waals surface area contributed by atoms with Gasteiger partial charge in [0.2, 0.25) is 5.69 Å². The summed E-state index contributed by atoms with van der Waals surface area (Å²) in [7, 11) is 0. The first-order chi connectivity index (χ1) is 7.03. The second-order valence-electron chi connectivity index (χ2n) is 4.54. The Hall–Kier alpha value is -1.44. The second-order valence-corrected chi connectivity index (χ2v) is 4.54. The van der Waals surface area contributed by atoms with Crippen molar-refractivity contribution in [3.63, 3.8) is 0 Å². The van der Waals surface area contributed by atoms with E-state index in [1.807, 2.05) is 22.9 Å². The lowest BCUT2D eigenvalue weighted by Gasteiger charge is -2.12. The summed E-state index contributed by atoms with van der Waals surface area (Å²) in [6, 6.07) is 10.3. The molecule has 2 nitrogen and oxygen atoms in total. The average Bonchev–Trinajstić information content (AvgIpc) is 2.44. The zero-order valence-corrected chi connectivity index (χ0v) is 9.78. The Morgan fingerprint density at radius 1 is 1.07 bits per heavy atom. The van der Waals surface area contributed by atoms with Crippen molar-refractivity contribution in [2.24, 2.45) is 10.5 Å².